The molecule has 0 radical (unpaired) electrons. The highest BCUT2D eigenvalue weighted by Gasteiger charge is 2.35. The Kier molecular flexibility index (Phi) is 18.9. The first-order valence-corrected chi connectivity index (χ1v) is 19.9. The second-order valence-corrected chi connectivity index (χ2v) is 15.0. The number of urea groups is 1. The highest BCUT2D eigenvalue weighted by Crippen LogP contribution is 2.15. The maximum atomic E-state index is 14.2. The zero-order valence-electron chi connectivity index (χ0n) is 33.8. The molecule has 1 fully saturated rings. The van der Waals surface area contributed by atoms with Crippen LogP contribution in [-0.2, 0) is 41.6 Å². The van der Waals surface area contributed by atoms with Crippen LogP contribution in [-0.4, -0.2) is 113 Å². The summed E-state index contributed by atoms with van der Waals surface area (Å²) in [6, 6.07) is 7.73. The third-order valence-electron chi connectivity index (χ3n) is 10.1. The first-order chi connectivity index (χ1) is 27.6. The van der Waals surface area contributed by atoms with Crippen LogP contribution in [0.1, 0.15) is 76.8 Å². The third-order valence-corrected chi connectivity index (χ3v) is 10.1. The van der Waals surface area contributed by atoms with Gasteiger partial charge in [-0.05, 0) is 94.0 Å². The van der Waals surface area contributed by atoms with Gasteiger partial charge >= 0.3 is 12.0 Å². The van der Waals surface area contributed by atoms with Crippen molar-refractivity contribution in [1.29, 1.82) is 0 Å². The van der Waals surface area contributed by atoms with Crippen molar-refractivity contribution in [1.82, 2.24) is 36.8 Å². The van der Waals surface area contributed by atoms with E-state index < -0.39 is 83.7 Å². The number of phenols is 1. The molecule has 58 heavy (non-hydrogen) atoms. The number of hydrogen-bond donors (Lipinski definition) is 9. The molecule has 1 heterocycles. The van der Waals surface area contributed by atoms with Gasteiger partial charge in [0.15, 0.2) is 0 Å². The number of aryl methyl sites for hydroxylation is 1. The monoisotopic (exact) mass is 808 g/mol. The number of hydrogen-bond acceptors (Lipinski definition) is 9. The second-order valence-electron chi connectivity index (χ2n) is 15.0. The molecule has 0 bridgehead atoms. The van der Waals surface area contributed by atoms with E-state index in [1.54, 1.807) is 26.0 Å². The molecule has 0 spiro atoms. The van der Waals surface area contributed by atoms with Crippen LogP contribution in [0, 0.1) is 5.92 Å². The smallest absolute Gasteiger partial charge is 0.326 e. The molecule has 2 unspecified atom stereocenters. The van der Waals surface area contributed by atoms with Gasteiger partial charge in [0, 0.05) is 20.0 Å². The second kappa shape index (κ2) is 23.5. The van der Waals surface area contributed by atoms with Gasteiger partial charge in [-0.25, -0.2) is 9.59 Å². The summed E-state index contributed by atoms with van der Waals surface area (Å²) < 4.78 is 0. The molecule has 10 N–H and O–H groups in total. The molecule has 7 amide bonds. The lowest BCUT2D eigenvalue weighted by Gasteiger charge is -2.31. The van der Waals surface area contributed by atoms with Gasteiger partial charge in [0.05, 0.1) is 0 Å². The number of carboxylic acids is 1. The van der Waals surface area contributed by atoms with E-state index in [0.29, 0.717) is 38.6 Å². The van der Waals surface area contributed by atoms with Gasteiger partial charge in [0.1, 0.15) is 42.0 Å². The van der Waals surface area contributed by atoms with Gasteiger partial charge in [0.25, 0.3) is 0 Å². The van der Waals surface area contributed by atoms with Crippen molar-refractivity contribution in [2.75, 3.05) is 20.1 Å². The highest BCUT2D eigenvalue weighted by molar-refractivity contribution is 5.96. The Hall–Kier alpha value is -5.71. The fourth-order valence-corrected chi connectivity index (χ4v) is 6.43. The Morgan fingerprint density at radius 1 is 0.862 bits per heavy atom. The molecule has 6 atom stereocenters. The summed E-state index contributed by atoms with van der Waals surface area (Å²) in [4.78, 5) is 95.5. The first-order valence-electron chi connectivity index (χ1n) is 19.9. The summed E-state index contributed by atoms with van der Waals surface area (Å²) >= 11 is 0. The molecule has 17 heteroatoms. The molecule has 318 valence electrons. The lowest BCUT2D eigenvalue weighted by molar-refractivity contribution is -0.142. The summed E-state index contributed by atoms with van der Waals surface area (Å²) in [6.07, 6.45) is 2.44. The number of unbranched alkanes of at least 4 members (excludes halogenated alkanes) is 1. The zero-order chi connectivity index (χ0) is 42.8. The van der Waals surface area contributed by atoms with Crippen molar-refractivity contribution >= 4 is 41.5 Å². The van der Waals surface area contributed by atoms with E-state index in [1.807, 2.05) is 30.3 Å². The van der Waals surface area contributed by atoms with E-state index in [4.69, 9.17) is 5.73 Å². The van der Waals surface area contributed by atoms with Crippen LogP contribution in [0.25, 0.3) is 0 Å². The number of benzene rings is 2. The fraction of sp³-hybridized carbons (Fsp3) is 0.537. The Balaban J connectivity index is 1.96. The molecular formula is C41H60N8O9. The number of carbonyl (C=O) groups excluding carboxylic acids is 6. The van der Waals surface area contributed by atoms with E-state index in [0.717, 1.165) is 11.1 Å². The van der Waals surface area contributed by atoms with Crippen molar-refractivity contribution in [2.24, 2.45) is 11.7 Å². The van der Waals surface area contributed by atoms with Crippen LogP contribution in [0.5, 0.6) is 5.75 Å². The Morgan fingerprint density at radius 2 is 1.53 bits per heavy atom. The van der Waals surface area contributed by atoms with Crippen LogP contribution in [0.3, 0.4) is 0 Å². The number of likely N-dealkylation sites (N-methyl/N-ethyl adjacent to an activating group) is 1. The number of amides is 7. The largest absolute Gasteiger partial charge is 0.508 e. The topological polar surface area (TPSA) is 261 Å². The molecule has 17 nitrogen and oxygen atoms in total. The number of aromatic hydroxyl groups is 1. The van der Waals surface area contributed by atoms with Crippen molar-refractivity contribution in [3.63, 3.8) is 0 Å². The summed E-state index contributed by atoms with van der Waals surface area (Å²) in [5, 5.41) is 35.6. The first kappa shape index (κ1) is 46.7. The number of nitrogens with zero attached hydrogens (tertiary/aromatic N) is 1. The molecule has 2 aromatic carbocycles. The standard InChI is InChI=1S/C41H60N8O9/c1-25(2)34-38(54)44-31(21-18-27-16-19-29(50)20-17-27)39(55)49(4)26(3)35(51)45-33(24-28-12-6-5-7-13-28)36(52)43-23-11-9-14-30(37(53)48-34)46-41(58)47-32(40(56)57)15-8-10-22-42/h5-7,12-13,16-17,19-20,25-26,30-34,50H,8-11,14-15,18,21-24,42H2,1-4H3,(H,43,52)(H,44,54)(H,45,51)(H,48,53)(H,56,57)(H2,46,47,58)/t26-,30+,31?,32+,33?,34-/m0/s1. The van der Waals surface area contributed by atoms with Crippen LogP contribution >= 0.6 is 0 Å². The predicted molar refractivity (Wildman–Crippen MR) is 216 cm³/mol. The van der Waals surface area contributed by atoms with E-state index >= 15 is 0 Å². The number of aliphatic carboxylic acids is 1. The van der Waals surface area contributed by atoms with Gasteiger partial charge < -0.3 is 52.7 Å². The van der Waals surface area contributed by atoms with Crippen molar-refractivity contribution in [3.05, 3.63) is 65.7 Å². The van der Waals surface area contributed by atoms with E-state index in [9.17, 15) is 43.8 Å². The van der Waals surface area contributed by atoms with Gasteiger partial charge in [0.2, 0.25) is 29.5 Å². The summed E-state index contributed by atoms with van der Waals surface area (Å²) in [5.74, 6) is -4.71. The number of phenolic OH excluding ortho intramolecular Hbond substituents is 1. The Bertz CT molecular complexity index is 1690. The molecule has 0 saturated carbocycles. The molecule has 3 rings (SSSR count). The molecule has 0 aromatic heterocycles. The predicted octanol–water partition coefficient (Wildman–Crippen LogP) is 1.07. The van der Waals surface area contributed by atoms with E-state index in [1.165, 1.54) is 31.0 Å². The van der Waals surface area contributed by atoms with Crippen LogP contribution in [0.15, 0.2) is 54.6 Å². The Morgan fingerprint density at radius 3 is 2.17 bits per heavy atom. The molecule has 1 saturated heterocycles. The van der Waals surface area contributed by atoms with E-state index in [2.05, 4.69) is 31.9 Å². The number of carboxylic acid groups (broad SMARTS) is 1. The van der Waals surface area contributed by atoms with Gasteiger partial charge in [-0.2, -0.15) is 0 Å². The Labute approximate surface area is 339 Å². The lowest BCUT2D eigenvalue weighted by Crippen LogP contribution is -2.60. The van der Waals surface area contributed by atoms with Gasteiger partial charge in [-0.3, -0.25) is 24.0 Å². The molecule has 2 aromatic rings. The van der Waals surface area contributed by atoms with Crippen molar-refractivity contribution in [3.8, 4) is 5.75 Å². The number of nitrogens with one attached hydrogen (secondary N) is 6. The zero-order valence-corrected chi connectivity index (χ0v) is 33.8. The number of carbonyl (C=O) groups is 7. The maximum Gasteiger partial charge on any atom is 0.326 e. The SMILES string of the molecule is CC(C)[C@@H]1NC(=O)[C@H](NC(=O)N[C@H](CCCCN)C(=O)O)CCCCNC(=O)C(Cc2ccccc2)NC(=O)[C@H](C)N(C)C(=O)C(CCc2ccc(O)cc2)NC1=O. The lowest BCUT2D eigenvalue weighted by atomic mass is 9.99. The van der Waals surface area contributed by atoms with E-state index in [-0.39, 0.29) is 38.0 Å². The van der Waals surface area contributed by atoms with Gasteiger partial charge in [-0.1, -0.05) is 56.3 Å². The fourth-order valence-electron chi connectivity index (χ4n) is 6.43. The number of rotatable bonds is 13. The summed E-state index contributed by atoms with van der Waals surface area (Å²) in [5.41, 5.74) is 7.09. The minimum Gasteiger partial charge on any atom is -0.508 e. The summed E-state index contributed by atoms with van der Waals surface area (Å²) in [6.45, 7) is 5.45. The molecule has 1 aliphatic heterocycles. The minimum atomic E-state index is -1.25. The van der Waals surface area contributed by atoms with Crippen LogP contribution < -0.4 is 37.6 Å². The minimum absolute atomic E-state index is 0.0591. The quantitative estimate of drug-likeness (QED) is 0.130. The average molecular weight is 809 g/mol. The van der Waals surface area contributed by atoms with Crippen LogP contribution in [0.4, 0.5) is 4.79 Å². The normalized spacial score (nSPS) is 22.3. The van der Waals surface area contributed by atoms with Crippen molar-refractivity contribution < 1.29 is 43.8 Å². The molecular weight excluding hydrogens is 748 g/mol. The maximum absolute atomic E-state index is 14.2. The average Bonchev–Trinajstić information content (AvgIpc) is 3.19. The third kappa shape index (κ3) is 15.0. The van der Waals surface area contributed by atoms with Crippen molar-refractivity contribution in [2.45, 2.75) is 115 Å². The highest BCUT2D eigenvalue weighted by atomic mass is 16.4. The van der Waals surface area contributed by atoms with Crippen LogP contribution in [0.2, 0.25) is 0 Å². The number of nitrogens with two attached hydrogens (primary N) is 1. The molecule has 1 aliphatic rings. The van der Waals surface area contributed by atoms with Gasteiger partial charge in [-0.15, -0.1) is 0 Å². The summed E-state index contributed by atoms with van der Waals surface area (Å²) in [7, 11) is 1.43. The molecule has 0 aliphatic carbocycles.